The number of ether oxygens (including phenoxy) is 5. The van der Waals surface area contributed by atoms with Crippen molar-refractivity contribution < 1.29 is 28.5 Å². The highest BCUT2D eigenvalue weighted by Gasteiger charge is 2.19. The molecule has 0 saturated carbocycles. The van der Waals surface area contributed by atoms with E-state index in [1.54, 1.807) is 18.2 Å². The molecule has 1 aromatic carbocycles. The van der Waals surface area contributed by atoms with Crippen molar-refractivity contribution in [2.24, 2.45) is 0 Å². The number of carbonyl (C=O) groups is 1. The maximum atomic E-state index is 11.7. The standard InChI is InChI=1S/C12H16O6/c1-14-7-17-9-5-4-6-10(18-8-15-2)11(9)12(13)16-3/h4-6H,7-8H2,1-3H3. The first kappa shape index (κ1) is 14.3. The van der Waals surface area contributed by atoms with Crippen LogP contribution >= 0.6 is 0 Å². The number of esters is 1. The Labute approximate surface area is 105 Å². The first-order valence-corrected chi connectivity index (χ1v) is 5.19. The number of hydrogen-bond acceptors (Lipinski definition) is 6. The molecule has 0 radical (unpaired) electrons. The van der Waals surface area contributed by atoms with Gasteiger partial charge < -0.3 is 23.7 Å². The van der Waals surface area contributed by atoms with Crippen molar-refractivity contribution in [3.05, 3.63) is 23.8 Å². The summed E-state index contributed by atoms with van der Waals surface area (Å²) >= 11 is 0. The zero-order chi connectivity index (χ0) is 13.4. The van der Waals surface area contributed by atoms with Crippen molar-refractivity contribution in [2.45, 2.75) is 0 Å². The van der Waals surface area contributed by atoms with Gasteiger partial charge in [0.2, 0.25) is 0 Å². The highest BCUT2D eigenvalue weighted by Crippen LogP contribution is 2.29. The molecule has 6 nitrogen and oxygen atoms in total. The molecule has 0 aromatic heterocycles. The van der Waals surface area contributed by atoms with Gasteiger partial charge in [0.1, 0.15) is 17.1 Å². The fourth-order valence-corrected chi connectivity index (χ4v) is 1.30. The molecule has 18 heavy (non-hydrogen) atoms. The van der Waals surface area contributed by atoms with Crippen LogP contribution in [-0.4, -0.2) is 40.9 Å². The molecular formula is C12H16O6. The van der Waals surface area contributed by atoms with Crippen LogP contribution in [0.2, 0.25) is 0 Å². The van der Waals surface area contributed by atoms with Gasteiger partial charge in [0.25, 0.3) is 0 Å². The van der Waals surface area contributed by atoms with Crippen molar-refractivity contribution >= 4 is 5.97 Å². The minimum atomic E-state index is -0.548. The SMILES string of the molecule is COCOc1cccc(OCOC)c1C(=O)OC. The number of benzene rings is 1. The van der Waals surface area contributed by atoms with Crippen LogP contribution < -0.4 is 9.47 Å². The van der Waals surface area contributed by atoms with Gasteiger partial charge in [-0.15, -0.1) is 0 Å². The third kappa shape index (κ3) is 3.61. The minimum Gasteiger partial charge on any atom is -0.467 e. The molecule has 0 fully saturated rings. The average Bonchev–Trinajstić information content (AvgIpc) is 2.41. The molecule has 1 aromatic rings. The monoisotopic (exact) mass is 256 g/mol. The molecule has 0 aliphatic carbocycles. The number of rotatable bonds is 7. The smallest absolute Gasteiger partial charge is 0.345 e. The Morgan fingerprint density at radius 2 is 1.50 bits per heavy atom. The maximum Gasteiger partial charge on any atom is 0.345 e. The first-order chi connectivity index (χ1) is 8.74. The maximum absolute atomic E-state index is 11.7. The Bertz CT molecular complexity index is 364. The van der Waals surface area contributed by atoms with E-state index in [2.05, 4.69) is 0 Å². The first-order valence-electron chi connectivity index (χ1n) is 5.19. The molecule has 0 unspecified atom stereocenters. The van der Waals surface area contributed by atoms with E-state index in [0.717, 1.165) is 0 Å². The lowest BCUT2D eigenvalue weighted by atomic mass is 10.2. The molecule has 0 N–H and O–H groups in total. The molecule has 0 spiro atoms. The molecule has 0 amide bonds. The van der Waals surface area contributed by atoms with Gasteiger partial charge in [-0.05, 0) is 12.1 Å². The normalized spacial score (nSPS) is 9.94. The lowest BCUT2D eigenvalue weighted by Crippen LogP contribution is -2.11. The zero-order valence-corrected chi connectivity index (χ0v) is 10.6. The van der Waals surface area contributed by atoms with E-state index in [1.165, 1.54) is 21.3 Å². The Kier molecular flexibility index (Phi) is 5.96. The van der Waals surface area contributed by atoms with Crippen LogP contribution in [0.15, 0.2) is 18.2 Å². The van der Waals surface area contributed by atoms with Gasteiger partial charge in [-0.3, -0.25) is 0 Å². The van der Waals surface area contributed by atoms with Crippen LogP contribution in [0.1, 0.15) is 10.4 Å². The van der Waals surface area contributed by atoms with Crippen molar-refractivity contribution in [2.75, 3.05) is 34.9 Å². The summed E-state index contributed by atoms with van der Waals surface area (Å²) in [5.41, 5.74) is 0.203. The third-order valence-corrected chi connectivity index (χ3v) is 2.04. The molecule has 6 heteroatoms. The molecule has 0 atom stereocenters. The Morgan fingerprint density at radius 1 is 1.00 bits per heavy atom. The molecule has 0 aliphatic heterocycles. The largest absolute Gasteiger partial charge is 0.467 e. The van der Waals surface area contributed by atoms with E-state index in [9.17, 15) is 4.79 Å². The third-order valence-electron chi connectivity index (χ3n) is 2.04. The summed E-state index contributed by atoms with van der Waals surface area (Å²) in [5, 5.41) is 0. The van der Waals surface area contributed by atoms with E-state index < -0.39 is 5.97 Å². The van der Waals surface area contributed by atoms with Crippen molar-refractivity contribution in [3.63, 3.8) is 0 Å². The van der Waals surface area contributed by atoms with Crippen LogP contribution in [0.3, 0.4) is 0 Å². The van der Waals surface area contributed by atoms with E-state index in [4.69, 9.17) is 23.7 Å². The van der Waals surface area contributed by atoms with Gasteiger partial charge in [-0.1, -0.05) is 6.07 Å². The average molecular weight is 256 g/mol. The minimum absolute atomic E-state index is 0.0255. The van der Waals surface area contributed by atoms with Crippen molar-refractivity contribution in [1.29, 1.82) is 0 Å². The predicted molar refractivity (Wildman–Crippen MR) is 62.8 cm³/mol. The van der Waals surface area contributed by atoms with E-state index in [1.807, 2.05) is 0 Å². The second-order valence-electron chi connectivity index (χ2n) is 3.22. The van der Waals surface area contributed by atoms with Crippen molar-refractivity contribution in [1.82, 2.24) is 0 Å². The Morgan fingerprint density at radius 3 is 1.89 bits per heavy atom. The summed E-state index contributed by atoms with van der Waals surface area (Å²) in [6, 6.07) is 4.96. The van der Waals surface area contributed by atoms with Crippen LogP contribution in [0, 0.1) is 0 Å². The highest BCUT2D eigenvalue weighted by atomic mass is 16.7. The van der Waals surface area contributed by atoms with E-state index in [-0.39, 0.29) is 19.1 Å². The van der Waals surface area contributed by atoms with Crippen LogP contribution in [0.4, 0.5) is 0 Å². The van der Waals surface area contributed by atoms with E-state index >= 15 is 0 Å². The predicted octanol–water partition coefficient (Wildman–Crippen LogP) is 1.44. The summed E-state index contributed by atoms with van der Waals surface area (Å²) in [5.74, 6) is 0.113. The topological polar surface area (TPSA) is 63.2 Å². The van der Waals surface area contributed by atoms with Gasteiger partial charge >= 0.3 is 5.97 Å². The van der Waals surface area contributed by atoms with Gasteiger partial charge in [0, 0.05) is 14.2 Å². The lowest BCUT2D eigenvalue weighted by molar-refractivity contribution is 0.0398. The highest BCUT2D eigenvalue weighted by molar-refractivity contribution is 5.95. The van der Waals surface area contributed by atoms with Gasteiger partial charge in [0.15, 0.2) is 13.6 Å². The van der Waals surface area contributed by atoms with E-state index in [0.29, 0.717) is 11.5 Å². The molecule has 0 bridgehead atoms. The van der Waals surface area contributed by atoms with Crippen LogP contribution in [0.5, 0.6) is 11.5 Å². The fraction of sp³-hybridized carbons (Fsp3) is 0.417. The molecule has 0 aliphatic rings. The molecule has 1 rings (SSSR count). The number of methoxy groups -OCH3 is 3. The van der Waals surface area contributed by atoms with Crippen molar-refractivity contribution in [3.8, 4) is 11.5 Å². The molecular weight excluding hydrogens is 240 g/mol. The van der Waals surface area contributed by atoms with Gasteiger partial charge in [-0.25, -0.2) is 4.79 Å². The Hall–Kier alpha value is -1.79. The molecule has 0 heterocycles. The Balaban J connectivity index is 3.04. The summed E-state index contributed by atoms with van der Waals surface area (Å²) in [7, 11) is 4.27. The molecule has 100 valence electrons. The summed E-state index contributed by atoms with van der Waals surface area (Å²) in [4.78, 5) is 11.7. The number of hydrogen-bond donors (Lipinski definition) is 0. The lowest BCUT2D eigenvalue weighted by Gasteiger charge is -2.13. The summed E-state index contributed by atoms with van der Waals surface area (Å²) in [6.45, 7) is 0.0510. The van der Waals surface area contributed by atoms with Gasteiger partial charge in [0.05, 0.1) is 7.11 Å². The number of carbonyl (C=O) groups excluding carboxylic acids is 1. The summed E-state index contributed by atoms with van der Waals surface area (Å²) < 4.78 is 24.9. The fourth-order valence-electron chi connectivity index (χ4n) is 1.30. The second-order valence-corrected chi connectivity index (χ2v) is 3.22. The second kappa shape index (κ2) is 7.52. The van der Waals surface area contributed by atoms with Gasteiger partial charge in [-0.2, -0.15) is 0 Å². The quantitative estimate of drug-likeness (QED) is 0.543. The zero-order valence-electron chi connectivity index (χ0n) is 10.6. The van der Waals surface area contributed by atoms with Crippen LogP contribution in [0.25, 0.3) is 0 Å². The van der Waals surface area contributed by atoms with Crippen LogP contribution in [-0.2, 0) is 14.2 Å². The summed E-state index contributed by atoms with van der Waals surface area (Å²) in [6.07, 6.45) is 0. The molecule has 0 saturated heterocycles.